The zero-order valence-corrected chi connectivity index (χ0v) is 12.0. The lowest BCUT2D eigenvalue weighted by Gasteiger charge is -2.09. The molecule has 0 fully saturated rings. The van der Waals surface area contributed by atoms with E-state index in [0.29, 0.717) is 5.56 Å². The number of rotatable bonds is 9. The Morgan fingerprint density at radius 2 is 2.05 bits per heavy atom. The average molecular weight is 279 g/mol. The molecule has 0 aliphatic rings. The molecule has 0 unspecified atom stereocenters. The molecule has 0 saturated carbocycles. The van der Waals surface area contributed by atoms with Gasteiger partial charge in [0.05, 0.1) is 17.4 Å². The lowest BCUT2D eigenvalue weighted by atomic mass is 10.2. The molecule has 0 aliphatic carbocycles. The summed E-state index contributed by atoms with van der Waals surface area (Å²) in [6.45, 7) is 3.48. The Morgan fingerprint density at radius 1 is 1.35 bits per heavy atom. The van der Waals surface area contributed by atoms with Gasteiger partial charge in [0.25, 0.3) is 0 Å². The van der Waals surface area contributed by atoms with Crippen molar-refractivity contribution < 1.29 is 9.53 Å². The van der Waals surface area contributed by atoms with Crippen LogP contribution in [0.25, 0.3) is 0 Å². The van der Waals surface area contributed by atoms with Gasteiger partial charge >= 0.3 is 5.97 Å². The second-order valence-electron chi connectivity index (χ2n) is 4.46. The Morgan fingerprint density at radius 3 is 2.65 bits per heavy atom. The van der Waals surface area contributed by atoms with E-state index in [4.69, 9.17) is 4.74 Å². The fourth-order valence-electron chi connectivity index (χ4n) is 1.53. The number of carbonyl (C=O) groups excluding carboxylic acids is 1. The van der Waals surface area contributed by atoms with Crippen LogP contribution < -0.4 is 5.32 Å². The number of likely N-dealkylation sites (N-methyl/N-ethyl adjacent to an activating group) is 1. The molecule has 0 amide bonds. The van der Waals surface area contributed by atoms with Crippen LogP contribution in [0.15, 0.2) is 29.6 Å². The maximum atomic E-state index is 11.7. The second kappa shape index (κ2) is 8.90. The number of benzene rings is 1. The van der Waals surface area contributed by atoms with Gasteiger partial charge < -0.3 is 10.1 Å². The maximum absolute atomic E-state index is 11.7. The highest BCUT2D eigenvalue weighted by Gasteiger charge is 2.07. The molecule has 0 atom stereocenters. The van der Waals surface area contributed by atoms with E-state index in [-0.39, 0.29) is 13.2 Å². The summed E-state index contributed by atoms with van der Waals surface area (Å²) in [5.41, 5.74) is 1.48. The number of nitroso groups, excluding NO2 is 1. The van der Waals surface area contributed by atoms with Crippen LogP contribution in [0.1, 0.15) is 30.1 Å². The Labute approximate surface area is 119 Å². The van der Waals surface area contributed by atoms with Gasteiger partial charge in [-0.2, -0.15) is 0 Å². The third-order valence-corrected chi connectivity index (χ3v) is 2.77. The number of hydrogen-bond acceptors (Lipinski definition) is 5. The lowest BCUT2D eigenvalue weighted by Crippen LogP contribution is -2.19. The summed E-state index contributed by atoms with van der Waals surface area (Å²) in [7, 11) is 1.53. The van der Waals surface area contributed by atoms with Gasteiger partial charge in [-0.3, -0.25) is 5.01 Å². The topological polar surface area (TPSA) is 71.0 Å². The average Bonchev–Trinajstić information content (AvgIpc) is 2.48. The Kier molecular flexibility index (Phi) is 7.10. The van der Waals surface area contributed by atoms with Crippen LogP contribution in [0, 0.1) is 4.91 Å². The Balaban J connectivity index is 2.39. The quantitative estimate of drug-likeness (QED) is 0.326. The van der Waals surface area contributed by atoms with Gasteiger partial charge in [0.1, 0.15) is 6.61 Å². The Bertz CT molecular complexity index is 420. The van der Waals surface area contributed by atoms with Gasteiger partial charge in [0, 0.05) is 19.3 Å². The van der Waals surface area contributed by atoms with Crippen molar-refractivity contribution in [3.05, 3.63) is 34.7 Å². The van der Waals surface area contributed by atoms with Gasteiger partial charge in [-0.1, -0.05) is 13.3 Å². The van der Waals surface area contributed by atoms with Crippen molar-refractivity contribution in [2.75, 3.05) is 32.1 Å². The number of esters is 1. The normalized spacial score (nSPS) is 9.90. The number of nitrogens with one attached hydrogen (secondary N) is 1. The van der Waals surface area contributed by atoms with Crippen molar-refractivity contribution in [2.24, 2.45) is 5.29 Å². The molecule has 1 aromatic rings. The molecule has 1 rings (SSSR count). The summed E-state index contributed by atoms with van der Waals surface area (Å²) >= 11 is 0. The summed E-state index contributed by atoms with van der Waals surface area (Å²) in [6.07, 6.45) is 2.25. The number of carbonyl (C=O) groups is 1. The van der Waals surface area contributed by atoms with E-state index in [1.165, 1.54) is 12.1 Å². The van der Waals surface area contributed by atoms with Gasteiger partial charge in [-0.05, 0) is 30.7 Å². The second-order valence-corrected chi connectivity index (χ2v) is 4.46. The highest BCUT2D eigenvalue weighted by Crippen LogP contribution is 2.10. The van der Waals surface area contributed by atoms with Crippen LogP contribution in [0.3, 0.4) is 0 Å². The smallest absolute Gasteiger partial charge is 0.338 e. The van der Waals surface area contributed by atoms with Crippen LogP contribution in [0.5, 0.6) is 0 Å². The number of hydrogen-bond donors (Lipinski definition) is 1. The van der Waals surface area contributed by atoms with Gasteiger partial charge in [-0.25, -0.2) is 4.79 Å². The van der Waals surface area contributed by atoms with Crippen LogP contribution in [0.4, 0.5) is 5.69 Å². The van der Waals surface area contributed by atoms with Crippen molar-refractivity contribution in [3.8, 4) is 0 Å². The van der Waals surface area contributed by atoms with Gasteiger partial charge in [0.15, 0.2) is 0 Å². The van der Waals surface area contributed by atoms with E-state index in [1.807, 2.05) is 12.1 Å². The zero-order valence-electron chi connectivity index (χ0n) is 12.0. The highest BCUT2D eigenvalue weighted by molar-refractivity contribution is 5.89. The largest absolute Gasteiger partial charge is 0.460 e. The van der Waals surface area contributed by atoms with E-state index in [0.717, 1.165) is 25.1 Å². The molecule has 0 heterocycles. The van der Waals surface area contributed by atoms with Crippen LogP contribution in [-0.2, 0) is 4.74 Å². The van der Waals surface area contributed by atoms with Gasteiger partial charge in [0.2, 0.25) is 0 Å². The lowest BCUT2D eigenvalue weighted by molar-refractivity contribution is 0.0474. The molecule has 110 valence electrons. The maximum Gasteiger partial charge on any atom is 0.338 e. The van der Waals surface area contributed by atoms with Crippen molar-refractivity contribution in [2.45, 2.75) is 19.8 Å². The minimum Gasteiger partial charge on any atom is -0.460 e. The van der Waals surface area contributed by atoms with Crippen LogP contribution >= 0.6 is 0 Å². The molecule has 0 saturated heterocycles. The fraction of sp³-hybridized carbons (Fsp3) is 0.500. The first-order valence-electron chi connectivity index (χ1n) is 6.72. The summed E-state index contributed by atoms with van der Waals surface area (Å²) in [5.74, 6) is -0.399. The highest BCUT2D eigenvalue weighted by atomic mass is 16.5. The van der Waals surface area contributed by atoms with Crippen molar-refractivity contribution in [3.63, 3.8) is 0 Å². The number of nitrogens with zero attached hydrogens (tertiary/aromatic N) is 2. The van der Waals surface area contributed by atoms with E-state index in [2.05, 4.69) is 17.5 Å². The third kappa shape index (κ3) is 5.69. The predicted octanol–water partition coefficient (Wildman–Crippen LogP) is 2.67. The van der Waals surface area contributed by atoms with E-state index >= 15 is 0 Å². The molecule has 0 spiro atoms. The molecule has 20 heavy (non-hydrogen) atoms. The fourth-order valence-corrected chi connectivity index (χ4v) is 1.53. The molecular weight excluding hydrogens is 258 g/mol. The number of ether oxygens (including phenoxy) is 1. The predicted molar refractivity (Wildman–Crippen MR) is 78.5 cm³/mol. The summed E-state index contributed by atoms with van der Waals surface area (Å²) < 4.78 is 5.04. The van der Waals surface area contributed by atoms with Gasteiger partial charge in [-0.15, -0.1) is 4.91 Å². The summed E-state index contributed by atoms with van der Waals surface area (Å²) in [4.78, 5) is 21.8. The first-order valence-corrected chi connectivity index (χ1v) is 6.72. The van der Waals surface area contributed by atoms with E-state index < -0.39 is 5.97 Å². The molecule has 6 heteroatoms. The SMILES string of the molecule is CCCCNc1ccc(C(=O)OCCN(C)N=O)cc1. The molecule has 0 aliphatic heterocycles. The van der Waals surface area contributed by atoms with Crippen LogP contribution in [-0.4, -0.2) is 37.7 Å². The van der Waals surface area contributed by atoms with Crippen molar-refractivity contribution in [1.82, 2.24) is 5.01 Å². The van der Waals surface area contributed by atoms with E-state index in [9.17, 15) is 9.70 Å². The molecule has 0 aromatic heterocycles. The first kappa shape index (κ1) is 15.9. The molecule has 1 N–H and O–H groups in total. The molecule has 1 aromatic carbocycles. The zero-order chi connectivity index (χ0) is 14.8. The van der Waals surface area contributed by atoms with Crippen LogP contribution in [0.2, 0.25) is 0 Å². The summed E-state index contributed by atoms with van der Waals surface area (Å²) in [5, 5.41) is 7.14. The first-order chi connectivity index (χ1) is 9.67. The number of unbranched alkanes of at least 4 members (excludes halogenated alkanes) is 1. The summed E-state index contributed by atoms with van der Waals surface area (Å²) in [6, 6.07) is 7.15. The molecular formula is C14H21N3O3. The van der Waals surface area contributed by atoms with Crippen molar-refractivity contribution >= 4 is 11.7 Å². The monoisotopic (exact) mass is 279 g/mol. The number of anilines is 1. The minimum atomic E-state index is -0.399. The Hall–Kier alpha value is -2.11. The molecule has 6 nitrogen and oxygen atoms in total. The molecule has 0 radical (unpaired) electrons. The van der Waals surface area contributed by atoms with Crippen molar-refractivity contribution in [1.29, 1.82) is 0 Å². The third-order valence-electron chi connectivity index (χ3n) is 2.77. The standard InChI is InChI=1S/C14H21N3O3/c1-3-4-9-15-13-7-5-12(6-8-13)14(18)20-11-10-17(2)16-19/h5-8,15H,3-4,9-11H2,1-2H3. The molecule has 0 bridgehead atoms. The van der Waals surface area contributed by atoms with E-state index in [1.54, 1.807) is 12.1 Å². The minimum absolute atomic E-state index is 0.136.